The van der Waals surface area contributed by atoms with E-state index in [1.54, 1.807) is 0 Å². The Labute approximate surface area is 451 Å². The molecule has 0 heterocycles. The second kappa shape index (κ2) is 60.9. The maximum atomic E-state index is 12.8. The van der Waals surface area contributed by atoms with Gasteiger partial charge in [0.05, 0.1) is 0 Å². The highest BCUT2D eigenvalue weighted by atomic mass is 16.6. The first-order chi connectivity index (χ1) is 36.0. The molecule has 0 fully saturated rings. The van der Waals surface area contributed by atoms with E-state index in [1.807, 2.05) is 0 Å². The maximum Gasteiger partial charge on any atom is 0.306 e. The van der Waals surface area contributed by atoms with Crippen molar-refractivity contribution in [2.75, 3.05) is 13.2 Å². The van der Waals surface area contributed by atoms with Crippen LogP contribution in [0.4, 0.5) is 0 Å². The number of ether oxygens (including phenoxy) is 3. The van der Waals surface area contributed by atoms with Crippen LogP contribution in [-0.2, 0) is 28.6 Å². The summed E-state index contributed by atoms with van der Waals surface area (Å²) in [4.78, 5) is 38.2. The van der Waals surface area contributed by atoms with Gasteiger partial charge in [0.1, 0.15) is 13.2 Å². The smallest absolute Gasteiger partial charge is 0.306 e. The fourth-order valence-corrected chi connectivity index (χ4v) is 8.50. The highest BCUT2D eigenvalue weighted by molar-refractivity contribution is 5.71. The maximum absolute atomic E-state index is 12.8. The SMILES string of the molecule is CC/C=C\C/C=C\C/C=C\C/C=C\CCCCC(=O)OC(COC(=O)CCCCCCC/C=C\C/C=C\C/C=C\CC)COC(=O)CCCCCCCCCCCCCCC/C=C\CCCCCCCCCC. The molecule has 6 heteroatoms. The number of carbonyl (C=O) groups excluding carboxylic acids is 3. The zero-order chi connectivity index (χ0) is 52.9. The van der Waals surface area contributed by atoms with Gasteiger partial charge in [-0.2, -0.15) is 0 Å². The predicted octanol–water partition coefficient (Wildman–Crippen LogP) is 20.9. The Morgan fingerprint density at radius 3 is 0.877 bits per heavy atom. The Balaban J connectivity index is 4.34. The van der Waals surface area contributed by atoms with Crippen molar-refractivity contribution in [2.24, 2.45) is 0 Å². The second-order valence-electron chi connectivity index (χ2n) is 20.2. The molecule has 0 aromatic heterocycles. The zero-order valence-corrected chi connectivity index (χ0v) is 47.9. The lowest BCUT2D eigenvalue weighted by Gasteiger charge is -2.18. The van der Waals surface area contributed by atoms with Crippen molar-refractivity contribution in [3.05, 3.63) is 97.2 Å². The molecular formula is C67H114O6. The van der Waals surface area contributed by atoms with Gasteiger partial charge in [0.2, 0.25) is 0 Å². The van der Waals surface area contributed by atoms with Crippen LogP contribution in [0.3, 0.4) is 0 Å². The second-order valence-corrected chi connectivity index (χ2v) is 20.2. The van der Waals surface area contributed by atoms with Crippen molar-refractivity contribution in [2.45, 2.75) is 297 Å². The summed E-state index contributed by atoms with van der Waals surface area (Å²) in [6.07, 6.45) is 81.4. The minimum atomic E-state index is -0.808. The van der Waals surface area contributed by atoms with Gasteiger partial charge in [-0.25, -0.2) is 0 Å². The van der Waals surface area contributed by atoms with Crippen molar-refractivity contribution in [3.63, 3.8) is 0 Å². The summed E-state index contributed by atoms with van der Waals surface area (Å²) in [5.41, 5.74) is 0. The number of esters is 3. The normalized spacial score (nSPS) is 12.8. The summed E-state index contributed by atoms with van der Waals surface area (Å²) in [6, 6.07) is 0. The number of hydrogen-bond donors (Lipinski definition) is 0. The molecule has 6 nitrogen and oxygen atoms in total. The Hall–Kier alpha value is -3.67. The molecule has 0 saturated carbocycles. The summed E-state index contributed by atoms with van der Waals surface area (Å²) >= 11 is 0. The number of unbranched alkanes of at least 4 members (excludes halogenated alkanes) is 28. The summed E-state index contributed by atoms with van der Waals surface area (Å²) < 4.78 is 16.8. The fourth-order valence-electron chi connectivity index (χ4n) is 8.50. The van der Waals surface area contributed by atoms with Crippen LogP contribution in [0.5, 0.6) is 0 Å². The molecule has 0 amide bonds. The highest BCUT2D eigenvalue weighted by Gasteiger charge is 2.19. The molecule has 0 aliphatic rings. The van der Waals surface area contributed by atoms with E-state index in [0.29, 0.717) is 19.3 Å². The topological polar surface area (TPSA) is 78.9 Å². The lowest BCUT2D eigenvalue weighted by molar-refractivity contribution is -0.167. The van der Waals surface area contributed by atoms with Gasteiger partial charge >= 0.3 is 17.9 Å². The third-order valence-corrected chi connectivity index (χ3v) is 13.1. The first-order valence-corrected chi connectivity index (χ1v) is 30.7. The summed E-state index contributed by atoms with van der Waals surface area (Å²) in [5.74, 6) is -0.954. The molecule has 0 saturated heterocycles. The van der Waals surface area contributed by atoms with Crippen molar-refractivity contribution in [3.8, 4) is 0 Å². The molecule has 418 valence electrons. The first-order valence-electron chi connectivity index (χ1n) is 30.7. The molecule has 0 aromatic rings. The number of allylic oxidation sites excluding steroid dienone is 16. The van der Waals surface area contributed by atoms with Crippen molar-refractivity contribution in [1.29, 1.82) is 0 Å². The average Bonchev–Trinajstić information content (AvgIpc) is 3.39. The van der Waals surface area contributed by atoms with Crippen LogP contribution in [0, 0.1) is 0 Å². The number of rotatable bonds is 55. The van der Waals surface area contributed by atoms with Gasteiger partial charge in [0.15, 0.2) is 6.10 Å². The van der Waals surface area contributed by atoms with Gasteiger partial charge in [-0.1, -0.05) is 253 Å². The van der Waals surface area contributed by atoms with Crippen LogP contribution in [0.15, 0.2) is 97.2 Å². The Morgan fingerprint density at radius 2 is 0.534 bits per heavy atom. The largest absolute Gasteiger partial charge is 0.462 e. The quantitative estimate of drug-likeness (QED) is 0.0261. The van der Waals surface area contributed by atoms with Gasteiger partial charge in [-0.15, -0.1) is 0 Å². The molecule has 0 radical (unpaired) electrons. The zero-order valence-electron chi connectivity index (χ0n) is 47.9. The fraction of sp³-hybridized carbons (Fsp3) is 0.716. The molecule has 0 aliphatic heterocycles. The molecule has 73 heavy (non-hydrogen) atoms. The molecule has 0 aromatic carbocycles. The van der Waals surface area contributed by atoms with E-state index in [0.717, 1.165) is 116 Å². The third kappa shape index (κ3) is 59.1. The van der Waals surface area contributed by atoms with Gasteiger partial charge < -0.3 is 14.2 Å². The summed E-state index contributed by atoms with van der Waals surface area (Å²) in [7, 11) is 0. The molecule has 0 spiro atoms. The molecule has 0 bridgehead atoms. The lowest BCUT2D eigenvalue weighted by Crippen LogP contribution is -2.30. The summed E-state index contributed by atoms with van der Waals surface area (Å²) in [6.45, 7) is 6.38. The van der Waals surface area contributed by atoms with Gasteiger partial charge in [0, 0.05) is 19.3 Å². The van der Waals surface area contributed by atoms with E-state index in [9.17, 15) is 14.4 Å². The molecule has 1 unspecified atom stereocenters. The Kier molecular flexibility index (Phi) is 57.8. The van der Waals surface area contributed by atoms with E-state index < -0.39 is 6.10 Å². The highest BCUT2D eigenvalue weighted by Crippen LogP contribution is 2.16. The minimum absolute atomic E-state index is 0.0996. The molecular weight excluding hydrogens is 901 g/mol. The van der Waals surface area contributed by atoms with E-state index >= 15 is 0 Å². The predicted molar refractivity (Wildman–Crippen MR) is 316 cm³/mol. The number of hydrogen-bond acceptors (Lipinski definition) is 6. The average molecular weight is 1020 g/mol. The van der Waals surface area contributed by atoms with E-state index in [2.05, 4.69) is 118 Å². The van der Waals surface area contributed by atoms with Crippen LogP contribution in [0.2, 0.25) is 0 Å². The van der Waals surface area contributed by atoms with Crippen LogP contribution < -0.4 is 0 Å². The molecule has 0 rings (SSSR count). The van der Waals surface area contributed by atoms with E-state index in [4.69, 9.17) is 14.2 Å². The van der Waals surface area contributed by atoms with Crippen molar-refractivity contribution >= 4 is 17.9 Å². The summed E-state index contributed by atoms with van der Waals surface area (Å²) in [5, 5.41) is 0. The van der Waals surface area contributed by atoms with E-state index in [-0.39, 0.29) is 37.5 Å². The Bertz CT molecular complexity index is 1440. The standard InChI is InChI=1S/C67H114O6/c1-4-7-10-13-16-19-22-25-28-29-30-31-32-33-34-35-36-37-40-42-45-48-51-54-57-60-66(69)72-63-64(73-67(70)61-58-55-52-49-46-43-39-27-24-21-18-15-12-9-6-3)62-71-65(68)59-56-53-50-47-44-41-38-26-23-20-17-14-11-8-5-2/h8-9,11-12,17-18,20-21,26-27,29-30,38-39,46,49,64H,4-7,10,13-16,19,22-25,28,31-37,40-45,47-48,50-63H2,1-3H3/b11-8-,12-9-,20-17-,21-18-,30-29-,38-26-,39-27-,49-46-. The molecule has 0 aliphatic carbocycles. The van der Waals surface area contributed by atoms with Crippen LogP contribution in [-0.4, -0.2) is 37.2 Å². The molecule has 1 atom stereocenters. The van der Waals surface area contributed by atoms with Gasteiger partial charge in [-0.3, -0.25) is 14.4 Å². The lowest BCUT2D eigenvalue weighted by atomic mass is 10.0. The molecule has 0 N–H and O–H groups in total. The van der Waals surface area contributed by atoms with Crippen molar-refractivity contribution in [1.82, 2.24) is 0 Å². The first kappa shape index (κ1) is 69.3. The Morgan fingerprint density at radius 1 is 0.288 bits per heavy atom. The van der Waals surface area contributed by atoms with Gasteiger partial charge in [0.25, 0.3) is 0 Å². The van der Waals surface area contributed by atoms with E-state index in [1.165, 1.54) is 128 Å². The van der Waals surface area contributed by atoms with Crippen molar-refractivity contribution < 1.29 is 28.6 Å². The van der Waals surface area contributed by atoms with Crippen LogP contribution in [0.25, 0.3) is 0 Å². The minimum Gasteiger partial charge on any atom is -0.462 e. The van der Waals surface area contributed by atoms with Crippen LogP contribution in [0.1, 0.15) is 290 Å². The number of carbonyl (C=O) groups is 3. The third-order valence-electron chi connectivity index (χ3n) is 13.1. The van der Waals surface area contributed by atoms with Gasteiger partial charge in [-0.05, 0) is 116 Å². The van der Waals surface area contributed by atoms with Crippen LogP contribution >= 0.6 is 0 Å². The monoisotopic (exact) mass is 1010 g/mol.